The van der Waals surface area contributed by atoms with Crippen LogP contribution in [0.4, 0.5) is 14.5 Å². The first-order chi connectivity index (χ1) is 22.8. The molecular weight excluding hydrogens is 608 g/mol. The zero-order valence-corrected chi connectivity index (χ0v) is 25.3. The summed E-state index contributed by atoms with van der Waals surface area (Å²) in [6.45, 7) is 0.152. The van der Waals surface area contributed by atoms with Gasteiger partial charge in [-0.3, -0.25) is 14.4 Å². The number of hydrogen-bond donors (Lipinski definition) is 2. The summed E-state index contributed by atoms with van der Waals surface area (Å²) in [5.74, 6) is -1.10. The molecule has 1 saturated heterocycles. The van der Waals surface area contributed by atoms with Gasteiger partial charge in [0.15, 0.2) is 5.82 Å². The number of amides is 3. The summed E-state index contributed by atoms with van der Waals surface area (Å²) in [5, 5.41) is 19.4. The van der Waals surface area contributed by atoms with Gasteiger partial charge in [-0.1, -0.05) is 12.5 Å². The number of primary amides is 1. The number of carbonyl (C=O) groups excluding carboxylic acids is 3. The van der Waals surface area contributed by atoms with Crippen LogP contribution in [0.2, 0.25) is 0 Å². The number of hydrogen-bond acceptors (Lipinski definition) is 7. The van der Waals surface area contributed by atoms with Crippen LogP contribution in [-0.2, 0) is 29.1 Å². The van der Waals surface area contributed by atoms with Crippen LogP contribution in [0.15, 0.2) is 61.1 Å². The molecule has 3 aromatic heterocycles. The number of rotatable bonds is 7. The fourth-order valence-electron chi connectivity index (χ4n) is 6.50. The van der Waals surface area contributed by atoms with Crippen molar-refractivity contribution in [3.63, 3.8) is 0 Å². The number of nitrogens with zero attached hydrogens (tertiary/aromatic N) is 7. The van der Waals surface area contributed by atoms with E-state index < -0.39 is 35.8 Å². The van der Waals surface area contributed by atoms with Crippen LogP contribution in [0.25, 0.3) is 33.4 Å². The lowest BCUT2D eigenvalue weighted by Gasteiger charge is -2.24. The molecule has 47 heavy (non-hydrogen) atoms. The Balaban J connectivity index is 1.11. The van der Waals surface area contributed by atoms with E-state index in [-0.39, 0.29) is 36.3 Å². The first-order valence-electron chi connectivity index (χ1n) is 15.4. The van der Waals surface area contributed by atoms with Gasteiger partial charge in [-0.25, -0.2) is 8.78 Å². The normalized spacial score (nSPS) is 17.8. The van der Waals surface area contributed by atoms with E-state index in [1.54, 1.807) is 35.2 Å². The molecular formula is C33H31F2N9O3. The fraction of sp³-hybridized carbons (Fsp3) is 0.303. The number of fused-ring (bicyclic) bond motifs is 2. The van der Waals surface area contributed by atoms with Gasteiger partial charge in [0.2, 0.25) is 11.8 Å². The highest BCUT2D eigenvalue weighted by molar-refractivity contribution is 6.07. The molecule has 3 amide bonds. The van der Waals surface area contributed by atoms with Gasteiger partial charge in [0.1, 0.15) is 30.4 Å². The second kappa shape index (κ2) is 12.3. The molecule has 3 N–H and O–H groups in total. The maximum absolute atomic E-state index is 15.0. The molecule has 12 nitrogen and oxygen atoms in total. The quantitative estimate of drug-likeness (QED) is 0.274. The van der Waals surface area contributed by atoms with Crippen LogP contribution in [0, 0.1) is 5.82 Å². The molecule has 2 aliphatic heterocycles. The number of anilines is 1. The summed E-state index contributed by atoms with van der Waals surface area (Å²) in [6, 6.07) is 10.2. The van der Waals surface area contributed by atoms with Crippen molar-refractivity contribution in [3.8, 4) is 22.5 Å². The zero-order valence-electron chi connectivity index (χ0n) is 25.3. The monoisotopic (exact) mass is 639 g/mol. The Kier molecular flexibility index (Phi) is 7.92. The van der Waals surface area contributed by atoms with E-state index in [4.69, 9.17) is 5.73 Å². The molecule has 0 aliphatic carbocycles. The van der Waals surface area contributed by atoms with E-state index in [0.717, 1.165) is 42.6 Å². The Hall–Kier alpha value is -5.53. The number of carbonyl (C=O) groups is 3. The van der Waals surface area contributed by atoms with E-state index in [1.807, 2.05) is 10.6 Å². The van der Waals surface area contributed by atoms with Crippen molar-refractivity contribution in [1.82, 2.24) is 34.4 Å². The number of alkyl halides is 1. The topological polar surface area (TPSA) is 154 Å². The van der Waals surface area contributed by atoms with E-state index >= 15 is 4.39 Å². The molecule has 240 valence electrons. The van der Waals surface area contributed by atoms with Gasteiger partial charge in [0.05, 0.1) is 30.1 Å². The highest BCUT2D eigenvalue weighted by atomic mass is 19.1. The number of halogens is 2. The molecule has 7 rings (SSSR count). The third-order valence-corrected chi connectivity index (χ3v) is 8.83. The Labute approximate surface area is 267 Å². The molecule has 5 heterocycles. The zero-order chi connectivity index (χ0) is 32.7. The highest BCUT2D eigenvalue weighted by Gasteiger charge is 2.40. The molecule has 5 aromatic rings. The van der Waals surface area contributed by atoms with Crippen molar-refractivity contribution >= 4 is 34.3 Å². The van der Waals surface area contributed by atoms with Crippen LogP contribution in [0.1, 0.15) is 41.9 Å². The number of likely N-dealkylation sites (tertiary alicyclic amines) is 1. The largest absolute Gasteiger partial charge is 0.366 e. The molecule has 2 aliphatic rings. The van der Waals surface area contributed by atoms with Crippen molar-refractivity contribution in [2.75, 3.05) is 11.9 Å². The lowest BCUT2D eigenvalue weighted by molar-refractivity contribution is -0.137. The number of aryl methyl sites for hydroxylation is 1. The molecule has 0 saturated carbocycles. The van der Waals surface area contributed by atoms with E-state index in [9.17, 15) is 18.8 Å². The molecule has 2 atom stereocenters. The number of aromatic nitrogens is 6. The Bertz CT molecular complexity index is 2010. The van der Waals surface area contributed by atoms with Crippen molar-refractivity contribution < 1.29 is 23.2 Å². The van der Waals surface area contributed by atoms with Crippen LogP contribution >= 0.6 is 0 Å². The average Bonchev–Trinajstić information content (AvgIpc) is 3.72. The highest BCUT2D eigenvalue weighted by Crippen LogP contribution is 2.31. The fourth-order valence-corrected chi connectivity index (χ4v) is 6.50. The lowest BCUT2D eigenvalue weighted by atomic mass is 10.0. The van der Waals surface area contributed by atoms with Gasteiger partial charge in [0.25, 0.3) is 5.91 Å². The van der Waals surface area contributed by atoms with Crippen LogP contribution < -0.4 is 11.1 Å². The van der Waals surface area contributed by atoms with Crippen LogP contribution in [0.3, 0.4) is 0 Å². The summed E-state index contributed by atoms with van der Waals surface area (Å²) in [5.41, 5.74) is 8.50. The maximum atomic E-state index is 15.0. The summed E-state index contributed by atoms with van der Waals surface area (Å²) >= 11 is 0. The Morgan fingerprint density at radius 3 is 2.68 bits per heavy atom. The molecule has 0 bridgehead atoms. The minimum absolute atomic E-state index is 0.189. The van der Waals surface area contributed by atoms with Crippen molar-refractivity contribution in [2.24, 2.45) is 5.73 Å². The SMILES string of the molecule is NC(=O)c1cn(CC(=O)N2C[C@H](F)C[C@H]2C(=O)Nc2ccc(F)c(-c3nnc4n3CCCCC4)c2)c2ccc(-c3ccnnc3)cc12. The smallest absolute Gasteiger partial charge is 0.250 e. The van der Waals surface area contributed by atoms with Crippen molar-refractivity contribution in [2.45, 2.75) is 57.4 Å². The van der Waals surface area contributed by atoms with Gasteiger partial charge in [-0.05, 0) is 54.8 Å². The Morgan fingerprint density at radius 2 is 1.87 bits per heavy atom. The standard InChI is InChI=1S/C33H31F2N9O3/c34-21-13-28(33(47)39-22-6-7-26(35)24(14-22)32-41-40-29-4-2-1-3-11-43(29)32)44(16-21)30(45)18-42-17-25(31(36)46)23-12-19(5-8-27(23)42)20-9-10-37-38-15-20/h5-10,12,14-15,17,21,28H,1-4,11,13,16,18H2,(H2,36,46)(H,39,47)/t21-,28+/m1/s1. The summed E-state index contributed by atoms with van der Waals surface area (Å²) in [6.07, 6.45) is 6.75. The van der Waals surface area contributed by atoms with Crippen LogP contribution in [0.5, 0.6) is 0 Å². The molecule has 14 heteroatoms. The van der Waals surface area contributed by atoms with E-state index in [2.05, 4.69) is 25.7 Å². The summed E-state index contributed by atoms with van der Waals surface area (Å²) in [7, 11) is 0. The van der Waals surface area contributed by atoms with E-state index in [1.165, 1.54) is 29.3 Å². The second-order valence-electron chi connectivity index (χ2n) is 11.9. The lowest BCUT2D eigenvalue weighted by Crippen LogP contribution is -2.44. The molecule has 0 unspecified atom stereocenters. The third kappa shape index (κ3) is 5.82. The third-order valence-electron chi connectivity index (χ3n) is 8.83. The van der Waals surface area contributed by atoms with Gasteiger partial charge >= 0.3 is 0 Å². The number of nitrogens with one attached hydrogen (secondary N) is 1. The predicted molar refractivity (Wildman–Crippen MR) is 168 cm³/mol. The molecule has 1 fully saturated rings. The molecule has 0 radical (unpaired) electrons. The second-order valence-corrected chi connectivity index (χ2v) is 11.9. The number of nitrogens with two attached hydrogens (primary N) is 1. The van der Waals surface area contributed by atoms with Gasteiger partial charge in [0, 0.05) is 47.7 Å². The first-order valence-corrected chi connectivity index (χ1v) is 15.4. The maximum Gasteiger partial charge on any atom is 0.250 e. The summed E-state index contributed by atoms with van der Waals surface area (Å²) in [4.78, 5) is 40.6. The van der Waals surface area contributed by atoms with Gasteiger partial charge in [-0.2, -0.15) is 10.2 Å². The van der Waals surface area contributed by atoms with Crippen molar-refractivity contribution in [1.29, 1.82) is 0 Å². The molecule has 0 spiro atoms. The van der Waals surface area contributed by atoms with Crippen LogP contribution in [-0.4, -0.2) is 70.9 Å². The minimum Gasteiger partial charge on any atom is -0.366 e. The summed E-state index contributed by atoms with van der Waals surface area (Å²) < 4.78 is 33.3. The van der Waals surface area contributed by atoms with Crippen molar-refractivity contribution in [3.05, 3.63) is 78.3 Å². The predicted octanol–water partition coefficient (Wildman–Crippen LogP) is 3.90. The average molecular weight is 640 g/mol. The van der Waals surface area contributed by atoms with E-state index in [0.29, 0.717) is 23.3 Å². The minimum atomic E-state index is -1.41. The first kappa shape index (κ1) is 30.1. The number of benzene rings is 2. The van der Waals surface area contributed by atoms with Gasteiger partial charge < -0.3 is 25.1 Å². The Morgan fingerprint density at radius 1 is 1.00 bits per heavy atom. The van der Waals surface area contributed by atoms with Gasteiger partial charge in [-0.15, -0.1) is 10.2 Å². The molecule has 2 aromatic carbocycles.